The Hall–Kier alpha value is -2.41. The molecule has 3 rings (SSSR count). The predicted octanol–water partition coefficient (Wildman–Crippen LogP) is 0.432. The van der Waals surface area contributed by atoms with Crippen molar-refractivity contribution in [1.29, 1.82) is 0 Å². The Labute approximate surface area is 139 Å². The van der Waals surface area contributed by atoms with Crippen LogP contribution in [-0.2, 0) is 22.6 Å². The maximum absolute atomic E-state index is 12.7. The number of aromatic nitrogens is 2. The quantitative estimate of drug-likeness (QED) is 0.814. The Morgan fingerprint density at radius 3 is 2.54 bits per heavy atom. The zero-order chi connectivity index (χ0) is 17.1. The van der Waals surface area contributed by atoms with E-state index in [9.17, 15) is 14.4 Å². The summed E-state index contributed by atoms with van der Waals surface area (Å²) in [4.78, 5) is 39.5. The molecule has 0 unspecified atom stereocenters. The van der Waals surface area contributed by atoms with Crippen LogP contribution in [0.25, 0.3) is 10.9 Å². The minimum Gasteiger partial charge on any atom is -0.378 e. The molecule has 1 aromatic carbocycles. The van der Waals surface area contributed by atoms with E-state index in [4.69, 9.17) is 4.74 Å². The minimum absolute atomic E-state index is 0.0661. The Balaban J connectivity index is 2.07. The molecule has 7 heteroatoms. The van der Waals surface area contributed by atoms with E-state index in [0.717, 1.165) is 0 Å². The first-order valence-corrected chi connectivity index (χ1v) is 8.21. The summed E-state index contributed by atoms with van der Waals surface area (Å²) in [5.74, 6) is -0.132. The van der Waals surface area contributed by atoms with Gasteiger partial charge in [-0.1, -0.05) is 19.1 Å². The van der Waals surface area contributed by atoms with Gasteiger partial charge < -0.3 is 9.64 Å². The standard InChI is InChI=1S/C17H21N3O4/c1-2-7-19-16(22)13-5-3-4-6-14(13)20(17(19)23)12-15(21)18-8-10-24-11-9-18/h3-6H,2,7-12H2,1H3. The highest BCUT2D eigenvalue weighted by atomic mass is 16.5. The van der Waals surface area contributed by atoms with Crippen molar-refractivity contribution in [3.8, 4) is 0 Å². The van der Waals surface area contributed by atoms with Crippen molar-refractivity contribution in [2.75, 3.05) is 26.3 Å². The maximum atomic E-state index is 12.7. The van der Waals surface area contributed by atoms with E-state index in [-0.39, 0.29) is 18.0 Å². The molecule has 0 atom stereocenters. The predicted molar refractivity (Wildman–Crippen MR) is 90.2 cm³/mol. The van der Waals surface area contributed by atoms with E-state index in [1.165, 1.54) is 9.13 Å². The summed E-state index contributed by atoms with van der Waals surface area (Å²) in [6, 6.07) is 6.93. The third-order valence-corrected chi connectivity index (χ3v) is 4.24. The van der Waals surface area contributed by atoms with Gasteiger partial charge in [-0.3, -0.25) is 18.7 Å². The van der Waals surface area contributed by atoms with Crippen molar-refractivity contribution < 1.29 is 9.53 Å². The number of amides is 1. The van der Waals surface area contributed by atoms with Crippen molar-refractivity contribution in [2.45, 2.75) is 26.4 Å². The number of morpholine rings is 1. The molecular formula is C17H21N3O4. The number of nitrogens with zero attached hydrogens (tertiary/aromatic N) is 3. The van der Waals surface area contributed by atoms with E-state index in [1.54, 1.807) is 29.2 Å². The number of carbonyl (C=O) groups excluding carboxylic acids is 1. The first-order valence-electron chi connectivity index (χ1n) is 8.21. The molecule has 1 aromatic heterocycles. The molecule has 1 aliphatic heterocycles. The van der Waals surface area contributed by atoms with Crippen molar-refractivity contribution in [3.05, 3.63) is 45.1 Å². The molecule has 24 heavy (non-hydrogen) atoms. The zero-order valence-corrected chi connectivity index (χ0v) is 13.7. The van der Waals surface area contributed by atoms with Crippen LogP contribution in [0.15, 0.2) is 33.9 Å². The number of carbonyl (C=O) groups is 1. The van der Waals surface area contributed by atoms with Crippen LogP contribution in [0.3, 0.4) is 0 Å². The fraction of sp³-hybridized carbons (Fsp3) is 0.471. The molecule has 128 valence electrons. The van der Waals surface area contributed by atoms with Gasteiger partial charge in [0.1, 0.15) is 6.54 Å². The lowest BCUT2D eigenvalue weighted by atomic mass is 10.2. The van der Waals surface area contributed by atoms with Crippen molar-refractivity contribution >= 4 is 16.8 Å². The summed E-state index contributed by atoms with van der Waals surface area (Å²) < 4.78 is 7.88. The van der Waals surface area contributed by atoms with Crippen molar-refractivity contribution in [2.24, 2.45) is 0 Å². The van der Waals surface area contributed by atoms with Crippen LogP contribution >= 0.6 is 0 Å². The van der Waals surface area contributed by atoms with Gasteiger partial charge in [0.2, 0.25) is 5.91 Å². The van der Waals surface area contributed by atoms with Gasteiger partial charge >= 0.3 is 5.69 Å². The summed E-state index contributed by atoms with van der Waals surface area (Å²) in [7, 11) is 0. The first-order chi connectivity index (χ1) is 11.6. The molecule has 2 aromatic rings. The van der Waals surface area contributed by atoms with Gasteiger partial charge in [-0.15, -0.1) is 0 Å². The SMILES string of the molecule is CCCn1c(=O)c2ccccc2n(CC(=O)N2CCOCC2)c1=O. The highest BCUT2D eigenvalue weighted by Gasteiger charge is 2.20. The molecule has 1 fully saturated rings. The van der Waals surface area contributed by atoms with Gasteiger partial charge in [-0.25, -0.2) is 4.79 Å². The van der Waals surface area contributed by atoms with Crippen molar-refractivity contribution in [3.63, 3.8) is 0 Å². The van der Waals surface area contributed by atoms with E-state index < -0.39 is 5.69 Å². The highest BCUT2D eigenvalue weighted by Crippen LogP contribution is 2.09. The molecule has 1 aliphatic rings. The molecule has 0 bridgehead atoms. The second kappa shape index (κ2) is 7.00. The van der Waals surface area contributed by atoms with E-state index in [1.807, 2.05) is 6.92 Å². The van der Waals surface area contributed by atoms with Gasteiger partial charge in [-0.2, -0.15) is 0 Å². The van der Waals surface area contributed by atoms with Gasteiger partial charge in [0.15, 0.2) is 0 Å². The molecule has 0 aliphatic carbocycles. The number of hydrogen-bond donors (Lipinski definition) is 0. The summed E-state index contributed by atoms with van der Waals surface area (Å²) in [5.41, 5.74) is -0.226. The lowest BCUT2D eigenvalue weighted by Gasteiger charge is -2.27. The average molecular weight is 331 g/mol. The lowest BCUT2D eigenvalue weighted by molar-refractivity contribution is -0.135. The number of hydrogen-bond acceptors (Lipinski definition) is 4. The monoisotopic (exact) mass is 331 g/mol. The molecule has 1 amide bonds. The number of fused-ring (bicyclic) bond motifs is 1. The minimum atomic E-state index is -0.429. The fourth-order valence-corrected chi connectivity index (χ4v) is 2.99. The number of para-hydroxylation sites is 1. The largest absolute Gasteiger partial charge is 0.378 e. The third-order valence-electron chi connectivity index (χ3n) is 4.24. The normalized spacial score (nSPS) is 15.0. The van der Waals surface area contributed by atoms with Crippen LogP contribution < -0.4 is 11.2 Å². The van der Waals surface area contributed by atoms with Crippen molar-refractivity contribution in [1.82, 2.24) is 14.0 Å². The molecule has 2 heterocycles. The third kappa shape index (κ3) is 2.99. The molecule has 0 N–H and O–H groups in total. The Bertz CT molecular complexity index is 862. The van der Waals surface area contributed by atoms with Gasteiger partial charge in [-0.05, 0) is 18.6 Å². The lowest BCUT2D eigenvalue weighted by Crippen LogP contribution is -2.46. The van der Waals surface area contributed by atoms with Crippen LogP contribution in [0.2, 0.25) is 0 Å². The molecule has 0 spiro atoms. The second-order valence-corrected chi connectivity index (χ2v) is 5.84. The average Bonchev–Trinajstić information content (AvgIpc) is 2.63. The summed E-state index contributed by atoms with van der Waals surface area (Å²) in [6.45, 7) is 4.26. The number of ether oxygens (including phenoxy) is 1. The zero-order valence-electron chi connectivity index (χ0n) is 13.7. The topological polar surface area (TPSA) is 73.5 Å². The van der Waals surface area contributed by atoms with Gasteiger partial charge in [0.05, 0.1) is 24.1 Å². The Morgan fingerprint density at radius 1 is 1.12 bits per heavy atom. The van der Waals surface area contributed by atoms with E-state index in [0.29, 0.717) is 50.2 Å². The van der Waals surface area contributed by atoms with Crippen LogP contribution in [0.5, 0.6) is 0 Å². The molecule has 0 saturated carbocycles. The summed E-state index contributed by atoms with van der Waals surface area (Å²) >= 11 is 0. The van der Waals surface area contributed by atoms with Crippen LogP contribution in [0, 0.1) is 0 Å². The molecule has 1 saturated heterocycles. The molecule has 0 radical (unpaired) electrons. The highest BCUT2D eigenvalue weighted by molar-refractivity contribution is 5.81. The van der Waals surface area contributed by atoms with E-state index >= 15 is 0 Å². The van der Waals surface area contributed by atoms with E-state index in [2.05, 4.69) is 0 Å². The Morgan fingerprint density at radius 2 is 1.83 bits per heavy atom. The Kier molecular flexibility index (Phi) is 4.80. The van der Waals surface area contributed by atoms with Crippen LogP contribution in [0.1, 0.15) is 13.3 Å². The second-order valence-electron chi connectivity index (χ2n) is 5.84. The molecule has 7 nitrogen and oxygen atoms in total. The van der Waals surface area contributed by atoms with Gasteiger partial charge in [0.25, 0.3) is 5.56 Å². The number of rotatable bonds is 4. The molecular weight excluding hydrogens is 310 g/mol. The maximum Gasteiger partial charge on any atom is 0.331 e. The summed E-state index contributed by atoms with van der Waals surface area (Å²) in [6.07, 6.45) is 0.672. The smallest absolute Gasteiger partial charge is 0.331 e. The summed E-state index contributed by atoms with van der Waals surface area (Å²) in [5, 5.41) is 0.459. The van der Waals surface area contributed by atoms with Crippen LogP contribution in [-0.4, -0.2) is 46.2 Å². The van der Waals surface area contributed by atoms with Crippen LogP contribution in [0.4, 0.5) is 0 Å². The van der Waals surface area contributed by atoms with Gasteiger partial charge in [0, 0.05) is 19.6 Å². The first kappa shape index (κ1) is 16.4. The fourth-order valence-electron chi connectivity index (χ4n) is 2.99. The number of benzene rings is 1.